The summed E-state index contributed by atoms with van der Waals surface area (Å²) in [6, 6.07) is 14.6. The summed E-state index contributed by atoms with van der Waals surface area (Å²) in [6.45, 7) is 0.274. The van der Waals surface area contributed by atoms with Crippen LogP contribution in [-0.2, 0) is 11.4 Å². The predicted molar refractivity (Wildman–Crippen MR) is 82.8 cm³/mol. The van der Waals surface area contributed by atoms with Gasteiger partial charge in [0.2, 0.25) is 0 Å². The zero-order valence-electron chi connectivity index (χ0n) is 12.2. The van der Waals surface area contributed by atoms with Gasteiger partial charge in [-0.1, -0.05) is 36.4 Å². The van der Waals surface area contributed by atoms with E-state index < -0.39 is 5.97 Å². The molecule has 0 aromatic heterocycles. The van der Waals surface area contributed by atoms with Crippen LogP contribution in [0.4, 0.5) is 0 Å². The van der Waals surface area contributed by atoms with E-state index in [2.05, 4.69) is 0 Å². The van der Waals surface area contributed by atoms with Gasteiger partial charge in [-0.05, 0) is 17.7 Å². The normalized spacial score (nSPS) is 15.0. The van der Waals surface area contributed by atoms with Crippen LogP contribution in [-0.4, -0.2) is 23.5 Å². The maximum absolute atomic E-state index is 12.3. The molecule has 5 nitrogen and oxygen atoms in total. The first kappa shape index (κ1) is 14.8. The third-order valence-corrected chi connectivity index (χ3v) is 3.42. The standard InChI is InChI=1S/C18H14O5/c19-16(20)9-13-11-23-18-14(17(13)21)7-4-8-15(18)22-10-12-5-2-1-3-6-12/h1-9H,10-11H2,(H,19,20). The van der Waals surface area contributed by atoms with Crippen LogP contribution < -0.4 is 9.47 Å². The minimum atomic E-state index is -1.17. The average Bonchev–Trinajstić information content (AvgIpc) is 2.56. The third kappa shape index (κ3) is 3.23. The fourth-order valence-corrected chi connectivity index (χ4v) is 2.34. The lowest BCUT2D eigenvalue weighted by atomic mass is 9.99. The molecule has 1 aliphatic heterocycles. The summed E-state index contributed by atoms with van der Waals surface area (Å²) >= 11 is 0. The highest BCUT2D eigenvalue weighted by atomic mass is 16.5. The van der Waals surface area contributed by atoms with Gasteiger partial charge in [0.25, 0.3) is 0 Å². The van der Waals surface area contributed by atoms with Crippen LogP contribution in [0.1, 0.15) is 15.9 Å². The molecule has 0 saturated carbocycles. The number of rotatable bonds is 4. The van der Waals surface area contributed by atoms with E-state index in [0.29, 0.717) is 23.7 Å². The Morgan fingerprint density at radius 2 is 1.96 bits per heavy atom. The molecule has 0 aliphatic carbocycles. The summed E-state index contributed by atoms with van der Waals surface area (Å²) in [6.07, 6.45) is 0.878. The number of ether oxygens (including phenoxy) is 2. The number of carboxylic acid groups (broad SMARTS) is 1. The van der Waals surface area contributed by atoms with Crippen molar-refractivity contribution in [2.45, 2.75) is 6.61 Å². The molecular weight excluding hydrogens is 296 g/mol. The second-order valence-corrected chi connectivity index (χ2v) is 5.03. The monoisotopic (exact) mass is 310 g/mol. The largest absolute Gasteiger partial charge is 0.485 e. The molecule has 0 radical (unpaired) electrons. The predicted octanol–water partition coefficient (Wildman–Crippen LogP) is 2.85. The number of carboxylic acids is 1. The number of Topliss-reactive ketones (excluding diaryl/α,β-unsaturated/α-hetero) is 1. The number of carbonyl (C=O) groups is 2. The Morgan fingerprint density at radius 1 is 1.17 bits per heavy atom. The van der Waals surface area contributed by atoms with E-state index >= 15 is 0 Å². The summed E-state index contributed by atoms with van der Waals surface area (Å²) in [5.74, 6) is -0.694. The molecule has 1 heterocycles. The van der Waals surface area contributed by atoms with E-state index in [9.17, 15) is 9.59 Å². The third-order valence-electron chi connectivity index (χ3n) is 3.42. The van der Waals surface area contributed by atoms with E-state index in [-0.39, 0.29) is 18.0 Å². The molecule has 2 aromatic carbocycles. The van der Waals surface area contributed by atoms with Crippen molar-refractivity contribution in [3.63, 3.8) is 0 Å². The quantitative estimate of drug-likeness (QED) is 0.879. The molecule has 0 spiro atoms. The summed E-state index contributed by atoms with van der Waals surface area (Å²) in [5.41, 5.74) is 1.43. The molecule has 5 heteroatoms. The second kappa shape index (κ2) is 6.36. The highest BCUT2D eigenvalue weighted by Gasteiger charge is 2.26. The van der Waals surface area contributed by atoms with Crippen molar-refractivity contribution in [1.82, 2.24) is 0 Å². The number of carbonyl (C=O) groups excluding carboxylic acids is 1. The average molecular weight is 310 g/mol. The van der Waals surface area contributed by atoms with Crippen LogP contribution in [0.25, 0.3) is 0 Å². The number of aliphatic carboxylic acids is 1. The maximum atomic E-state index is 12.3. The van der Waals surface area contributed by atoms with Crippen LogP contribution >= 0.6 is 0 Å². The molecular formula is C18H14O5. The summed E-state index contributed by atoms with van der Waals surface area (Å²) < 4.78 is 11.3. The first-order valence-electron chi connectivity index (χ1n) is 7.06. The van der Waals surface area contributed by atoms with Crippen molar-refractivity contribution >= 4 is 11.8 Å². The van der Waals surface area contributed by atoms with Crippen LogP contribution in [0.3, 0.4) is 0 Å². The molecule has 0 unspecified atom stereocenters. The Bertz CT molecular complexity index is 777. The molecule has 0 bridgehead atoms. The zero-order chi connectivity index (χ0) is 16.2. The van der Waals surface area contributed by atoms with Gasteiger partial charge in [-0.2, -0.15) is 0 Å². The number of ketones is 1. The lowest BCUT2D eigenvalue weighted by Gasteiger charge is -2.21. The smallest absolute Gasteiger partial charge is 0.328 e. The number of para-hydroxylation sites is 1. The Hall–Kier alpha value is -3.08. The van der Waals surface area contributed by atoms with E-state index in [4.69, 9.17) is 14.6 Å². The van der Waals surface area contributed by atoms with Gasteiger partial charge in [0.1, 0.15) is 13.2 Å². The molecule has 0 saturated heterocycles. The molecule has 0 amide bonds. The maximum Gasteiger partial charge on any atom is 0.328 e. The van der Waals surface area contributed by atoms with Gasteiger partial charge in [-0.25, -0.2) is 4.79 Å². The van der Waals surface area contributed by atoms with Crippen molar-refractivity contribution in [1.29, 1.82) is 0 Å². The van der Waals surface area contributed by atoms with Gasteiger partial charge in [0.15, 0.2) is 17.3 Å². The van der Waals surface area contributed by atoms with Crippen molar-refractivity contribution in [3.05, 3.63) is 71.3 Å². The molecule has 0 fully saturated rings. The molecule has 116 valence electrons. The number of hydrogen-bond donors (Lipinski definition) is 1. The van der Waals surface area contributed by atoms with Gasteiger partial charge >= 0.3 is 5.97 Å². The Labute approximate surface area is 132 Å². The highest BCUT2D eigenvalue weighted by Crippen LogP contribution is 2.36. The Kier molecular flexibility index (Phi) is 4.10. The zero-order valence-corrected chi connectivity index (χ0v) is 12.2. The molecule has 0 atom stereocenters. The fourth-order valence-electron chi connectivity index (χ4n) is 2.34. The van der Waals surface area contributed by atoms with Crippen molar-refractivity contribution in [2.24, 2.45) is 0 Å². The van der Waals surface area contributed by atoms with Crippen LogP contribution in [0.5, 0.6) is 11.5 Å². The molecule has 1 N–H and O–H groups in total. The summed E-state index contributed by atoms with van der Waals surface area (Å²) in [7, 11) is 0. The van der Waals surface area contributed by atoms with E-state index in [1.165, 1.54) is 0 Å². The van der Waals surface area contributed by atoms with Gasteiger partial charge in [-0.15, -0.1) is 0 Å². The SMILES string of the molecule is O=C(O)C=C1COc2c(OCc3ccccc3)cccc2C1=O. The second-order valence-electron chi connectivity index (χ2n) is 5.03. The van der Waals surface area contributed by atoms with Crippen LogP contribution in [0.2, 0.25) is 0 Å². The number of hydrogen-bond acceptors (Lipinski definition) is 4. The number of fused-ring (bicyclic) bond motifs is 1. The van der Waals surface area contributed by atoms with Crippen molar-refractivity contribution in [2.75, 3.05) is 6.61 Å². The van der Waals surface area contributed by atoms with E-state index in [1.807, 2.05) is 30.3 Å². The van der Waals surface area contributed by atoms with Gasteiger partial charge in [0.05, 0.1) is 5.56 Å². The molecule has 1 aliphatic rings. The molecule has 3 rings (SSSR count). The minimum absolute atomic E-state index is 0.0795. The van der Waals surface area contributed by atoms with Crippen molar-refractivity contribution in [3.8, 4) is 11.5 Å². The summed E-state index contributed by atoms with van der Waals surface area (Å²) in [5, 5.41) is 8.79. The van der Waals surface area contributed by atoms with Gasteiger partial charge in [0, 0.05) is 11.6 Å². The summed E-state index contributed by atoms with van der Waals surface area (Å²) in [4.78, 5) is 23.1. The fraction of sp³-hybridized carbons (Fsp3) is 0.111. The topological polar surface area (TPSA) is 72.8 Å². The first-order chi connectivity index (χ1) is 11.1. The first-order valence-corrected chi connectivity index (χ1v) is 7.06. The lowest BCUT2D eigenvalue weighted by molar-refractivity contribution is -0.131. The Morgan fingerprint density at radius 3 is 2.70 bits per heavy atom. The molecule has 2 aromatic rings. The van der Waals surface area contributed by atoms with Gasteiger partial charge < -0.3 is 14.6 Å². The van der Waals surface area contributed by atoms with E-state index in [1.54, 1.807) is 18.2 Å². The minimum Gasteiger partial charge on any atom is -0.485 e. The Balaban J connectivity index is 1.84. The highest BCUT2D eigenvalue weighted by molar-refractivity contribution is 6.14. The lowest BCUT2D eigenvalue weighted by Crippen LogP contribution is -2.20. The van der Waals surface area contributed by atoms with Crippen LogP contribution in [0, 0.1) is 0 Å². The van der Waals surface area contributed by atoms with Crippen LogP contribution in [0.15, 0.2) is 60.2 Å². The van der Waals surface area contributed by atoms with Gasteiger partial charge in [-0.3, -0.25) is 4.79 Å². The van der Waals surface area contributed by atoms with Crippen molar-refractivity contribution < 1.29 is 24.2 Å². The molecule has 23 heavy (non-hydrogen) atoms. The number of benzene rings is 2. The van der Waals surface area contributed by atoms with E-state index in [0.717, 1.165) is 11.6 Å².